The number of fused-ring (bicyclic) bond motifs is 1. The Balaban J connectivity index is 2.20. The minimum atomic E-state index is -1.29. The maximum absolute atomic E-state index is 13.7. The van der Waals surface area contributed by atoms with Gasteiger partial charge in [-0.25, -0.2) is 13.8 Å². The molecule has 0 radical (unpaired) electrons. The van der Waals surface area contributed by atoms with E-state index in [0.29, 0.717) is 6.42 Å². The number of alkyl halides is 1. The molecule has 3 rings (SSSR count). The molecular weight excluding hydrogens is 276 g/mol. The van der Waals surface area contributed by atoms with Gasteiger partial charge in [0, 0.05) is 17.2 Å². The summed E-state index contributed by atoms with van der Waals surface area (Å²) in [4.78, 5) is 4.06. The molecule has 1 aliphatic carbocycles. The molecule has 0 aromatic heterocycles. The molecule has 102 valence electrons. The Bertz CT molecular complexity index is 580. The van der Waals surface area contributed by atoms with Crippen LogP contribution in [0.4, 0.5) is 14.5 Å². The van der Waals surface area contributed by atoms with Crippen LogP contribution in [0.15, 0.2) is 17.1 Å². The molecule has 3 atom stereocenters. The SMILES string of the molecule is NC1=N[C@](CF)(c2cc(N)cc(F)c2Cl)C2C[C@H]2O1. The van der Waals surface area contributed by atoms with Crippen LogP contribution in [0.1, 0.15) is 12.0 Å². The Labute approximate surface area is 113 Å². The molecule has 1 fully saturated rings. The van der Waals surface area contributed by atoms with E-state index in [-0.39, 0.29) is 34.3 Å². The van der Waals surface area contributed by atoms with Crippen LogP contribution in [0.2, 0.25) is 5.02 Å². The number of halogens is 3. The van der Waals surface area contributed by atoms with Crippen LogP contribution in [-0.2, 0) is 10.3 Å². The molecule has 4 N–H and O–H groups in total. The zero-order valence-corrected chi connectivity index (χ0v) is 10.6. The van der Waals surface area contributed by atoms with Crippen molar-refractivity contribution in [3.63, 3.8) is 0 Å². The Morgan fingerprint density at radius 1 is 1.47 bits per heavy atom. The Morgan fingerprint density at radius 3 is 2.89 bits per heavy atom. The number of aliphatic imine (C=N–C) groups is 1. The van der Waals surface area contributed by atoms with E-state index in [1.807, 2.05) is 0 Å². The third-order valence-electron chi connectivity index (χ3n) is 3.65. The normalized spacial score (nSPS) is 32.3. The van der Waals surface area contributed by atoms with E-state index in [2.05, 4.69) is 4.99 Å². The van der Waals surface area contributed by atoms with Crippen molar-refractivity contribution >= 4 is 23.3 Å². The minimum Gasteiger partial charge on any atom is -0.462 e. The van der Waals surface area contributed by atoms with E-state index in [0.717, 1.165) is 6.07 Å². The Morgan fingerprint density at radius 2 is 2.21 bits per heavy atom. The molecule has 0 amide bonds. The van der Waals surface area contributed by atoms with Crippen LogP contribution in [0.5, 0.6) is 0 Å². The van der Waals surface area contributed by atoms with E-state index in [1.54, 1.807) is 0 Å². The summed E-state index contributed by atoms with van der Waals surface area (Å²) in [5, 5.41) is -0.170. The number of ether oxygens (including phenoxy) is 1. The molecule has 1 heterocycles. The molecule has 1 aromatic carbocycles. The first kappa shape index (κ1) is 12.5. The molecule has 0 bridgehead atoms. The van der Waals surface area contributed by atoms with Crippen molar-refractivity contribution in [2.75, 3.05) is 12.4 Å². The number of nitrogens with two attached hydrogens (primary N) is 2. The van der Waals surface area contributed by atoms with Crippen LogP contribution in [0.3, 0.4) is 0 Å². The summed E-state index contributed by atoms with van der Waals surface area (Å²) in [6.45, 7) is -0.832. The number of nitrogen functional groups attached to an aromatic ring is 1. The zero-order chi connectivity index (χ0) is 13.8. The van der Waals surface area contributed by atoms with Crippen molar-refractivity contribution in [1.82, 2.24) is 0 Å². The highest BCUT2D eigenvalue weighted by Crippen LogP contribution is 2.54. The van der Waals surface area contributed by atoms with Gasteiger partial charge in [0.1, 0.15) is 24.1 Å². The van der Waals surface area contributed by atoms with Gasteiger partial charge >= 0.3 is 0 Å². The lowest BCUT2D eigenvalue weighted by Crippen LogP contribution is -2.39. The van der Waals surface area contributed by atoms with Gasteiger partial charge in [-0.15, -0.1) is 0 Å². The first-order valence-electron chi connectivity index (χ1n) is 5.81. The summed E-state index contributed by atoms with van der Waals surface area (Å²) in [6.07, 6.45) is 0.426. The molecular formula is C12H12ClF2N3O. The summed E-state index contributed by atoms with van der Waals surface area (Å²) in [5.41, 5.74) is 10.3. The monoisotopic (exact) mass is 287 g/mol. The van der Waals surface area contributed by atoms with Crippen molar-refractivity contribution < 1.29 is 13.5 Å². The first-order chi connectivity index (χ1) is 8.98. The molecule has 4 nitrogen and oxygen atoms in total. The third-order valence-corrected chi connectivity index (χ3v) is 4.03. The molecule has 2 aliphatic rings. The lowest BCUT2D eigenvalue weighted by Gasteiger charge is -2.32. The van der Waals surface area contributed by atoms with Crippen molar-refractivity contribution in [1.29, 1.82) is 0 Å². The van der Waals surface area contributed by atoms with Gasteiger partial charge in [-0.2, -0.15) is 0 Å². The van der Waals surface area contributed by atoms with Crippen LogP contribution in [0, 0.1) is 11.7 Å². The van der Waals surface area contributed by atoms with E-state index >= 15 is 0 Å². The van der Waals surface area contributed by atoms with Gasteiger partial charge in [-0.1, -0.05) is 11.6 Å². The first-order valence-corrected chi connectivity index (χ1v) is 6.18. The number of amidine groups is 1. The van der Waals surface area contributed by atoms with Gasteiger partial charge in [-0.05, 0) is 18.6 Å². The zero-order valence-electron chi connectivity index (χ0n) is 9.87. The molecule has 0 saturated heterocycles. The predicted octanol–water partition coefficient (Wildman–Crippen LogP) is 1.96. The average molecular weight is 288 g/mol. The minimum absolute atomic E-state index is 0.102. The predicted molar refractivity (Wildman–Crippen MR) is 68.1 cm³/mol. The fourth-order valence-electron chi connectivity index (χ4n) is 2.65. The summed E-state index contributed by atoms with van der Waals surface area (Å²) in [7, 11) is 0. The smallest absolute Gasteiger partial charge is 0.283 e. The van der Waals surface area contributed by atoms with E-state index in [9.17, 15) is 8.78 Å². The average Bonchev–Trinajstić information content (AvgIpc) is 3.12. The maximum Gasteiger partial charge on any atom is 0.283 e. The molecule has 1 unspecified atom stereocenters. The molecule has 1 aromatic rings. The van der Waals surface area contributed by atoms with Crippen molar-refractivity contribution in [3.05, 3.63) is 28.5 Å². The Kier molecular flexibility index (Phi) is 2.60. The third kappa shape index (κ3) is 1.74. The number of hydrogen-bond acceptors (Lipinski definition) is 4. The second-order valence-corrected chi connectivity index (χ2v) is 5.25. The van der Waals surface area contributed by atoms with Crippen molar-refractivity contribution in [2.24, 2.45) is 16.6 Å². The van der Waals surface area contributed by atoms with Crippen LogP contribution in [0.25, 0.3) is 0 Å². The number of anilines is 1. The number of hydrogen-bond donors (Lipinski definition) is 2. The van der Waals surface area contributed by atoms with Gasteiger partial charge < -0.3 is 16.2 Å². The summed E-state index contributed by atoms with van der Waals surface area (Å²) < 4.78 is 32.6. The largest absolute Gasteiger partial charge is 0.462 e. The quantitative estimate of drug-likeness (QED) is 0.817. The van der Waals surface area contributed by atoms with Gasteiger partial charge in [0.2, 0.25) is 0 Å². The van der Waals surface area contributed by atoms with Crippen molar-refractivity contribution in [3.8, 4) is 0 Å². The van der Waals surface area contributed by atoms with Crippen molar-refractivity contribution in [2.45, 2.75) is 18.1 Å². The molecule has 1 saturated carbocycles. The highest BCUT2D eigenvalue weighted by atomic mass is 35.5. The number of benzene rings is 1. The maximum atomic E-state index is 13.7. The van der Waals surface area contributed by atoms with Gasteiger partial charge in [0.05, 0.1) is 5.02 Å². The standard InChI is InChI=1S/C12H12ClF2N3O/c13-10-7(1-5(16)2-8(10)15)12(4-14)6-3-9(6)19-11(17)18-12/h1-2,6,9H,3-4,16H2,(H2,17,18)/t6?,9-,12+/m1/s1. The summed E-state index contributed by atoms with van der Waals surface area (Å²) >= 11 is 5.95. The lowest BCUT2D eigenvalue weighted by atomic mass is 9.85. The second kappa shape index (κ2) is 3.96. The van der Waals surface area contributed by atoms with E-state index in [4.69, 9.17) is 27.8 Å². The fourth-order valence-corrected chi connectivity index (χ4v) is 2.92. The van der Waals surface area contributed by atoms with Crippen LogP contribution >= 0.6 is 11.6 Å². The highest BCUT2D eigenvalue weighted by molar-refractivity contribution is 6.31. The summed E-state index contributed by atoms with van der Waals surface area (Å²) in [6, 6.07) is 2.44. The number of nitrogens with zero attached hydrogens (tertiary/aromatic N) is 1. The van der Waals surface area contributed by atoms with Crippen LogP contribution in [-0.4, -0.2) is 18.8 Å². The Hall–Kier alpha value is -1.56. The lowest BCUT2D eigenvalue weighted by molar-refractivity contribution is 0.170. The molecule has 19 heavy (non-hydrogen) atoms. The second-order valence-electron chi connectivity index (χ2n) is 4.87. The van der Waals surface area contributed by atoms with Crippen LogP contribution < -0.4 is 11.5 Å². The molecule has 1 aliphatic heterocycles. The molecule has 0 spiro atoms. The van der Waals surface area contributed by atoms with Gasteiger partial charge in [0.15, 0.2) is 0 Å². The highest BCUT2D eigenvalue weighted by Gasteiger charge is 2.59. The summed E-state index contributed by atoms with van der Waals surface area (Å²) in [5.74, 6) is -0.884. The van der Waals surface area contributed by atoms with E-state index in [1.165, 1.54) is 6.07 Å². The van der Waals surface area contributed by atoms with Gasteiger partial charge in [0.25, 0.3) is 6.02 Å². The fraction of sp³-hybridized carbons (Fsp3) is 0.417. The van der Waals surface area contributed by atoms with E-state index < -0.39 is 18.0 Å². The van der Waals surface area contributed by atoms with Gasteiger partial charge in [-0.3, -0.25) is 0 Å². The number of rotatable bonds is 2. The topological polar surface area (TPSA) is 73.6 Å². The molecule has 7 heteroatoms.